The van der Waals surface area contributed by atoms with E-state index in [0.717, 1.165) is 21.8 Å². The fourth-order valence-corrected chi connectivity index (χ4v) is 3.64. The molecule has 2 amide bonds. The van der Waals surface area contributed by atoms with Crippen molar-refractivity contribution in [2.45, 2.75) is 32.7 Å². The van der Waals surface area contributed by atoms with Crippen LogP contribution in [0.3, 0.4) is 0 Å². The number of nitrogens with zero attached hydrogens (tertiary/aromatic N) is 2. The van der Waals surface area contributed by atoms with Crippen LogP contribution in [-0.2, 0) is 17.8 Å². The molecule has 0 aliphatic heterocycles. The van der Waals surface area contributed by atoms with Crippen molar-refractivity contribution in [3.63, 3.8) is 0 Å². The highest BCUT2D eigenvalue weighted by molar-refractivity contribution is 7.13. The number of amides is 2. The second-order valence-electron chi connectivity index (χ2n) is 6.49. The maximum absolute atomic E-state index is 12.3. The second kappa shape index (κ2) is 10.1. The highest BCUT2D eigenvalue weighted by Crippen LogP contribution is 2.18. The van der Waals surface area contributed by atoms with Gasteiger partial charge in [0.1, 0.15) is 5.01 Å². The Balaban J connectivity index is 1.43. The molecule has 0 aliphatic carbocycles. The van der Waals surface area contributed by atoms with Crippen LogP contribution in [0.4, 0.5) is 5.69 Å². The summed E-state index contributed by atoms with van der Waals surface area (Å²) in [4.78, 5) is 24.3. The molecule has 0 spiro atoms. The Bertz CT molecular complexity index is 1010. The Morgan fingerprint density at radius 2 is 1.83 bits per heavy atom. The first-order chi connectivity index (χ1) is 14.0. The van der Waals surface area contributed by atoms with Crippen molar-refractivity contribution >= 4 is 40.4 Å². The van der Waals surface area contributed by atoms with Crippen molar-refractivity contribution in [3.8, 4) is 0 Å². The van der Waals surface area contributed by atoms with Gasteiger partial charge in [-0.15, -0.1) is 10.2 Å². The van der Waals surface area contributed by atoms with Gasteiger partial charge in [-0.1, -0.05) is 59.3 Å². The van der Waals surface area contributed by atoms with Crippen LogP contribution < -0.4 is 10.6 Å². The van der Waals surface area contributed by atoms with Crippen molar-refractivity contribution in [2.24, 2.45) is 0 Å². The van der Waals surface area contributed by atoms with Gasteiger partial charge >= 0.3 is 0 Å². The molecule has 150 valence electrons. The van der Waals surface area contributed by atoms with Gasteiger partial charge in [0.15, 0.2) is 0 Å². The van der Waals surface area contributed by atoms with Crippen molar-refractivity contribution in [3.05, 3.63) is 74.7 Å². The molecule has 3 rings (SSSR count). The maximum Gasteiger partial charge on any atom is 0.286 e. The van der Waals surface area contributed by atoms with Crippen LogP contribution >= 0.6 is 22.9 Å². The summed E-state index contributed by atoms with van der Waals surface area (Å²) in [6, 6.07) is 15.0. The molecule has 0 aliphatic rings. The standard InChI is InChI=1S/C21H21ClN4O2S/c1-14-7-2-5-10-17(14)24-20(28)21-26-25-19(29-21)12-6-11-18(27)23-13-15-8-3-4-9-16(15)22/h2-5,7-10H,6,11-13H2,1H3,(H,23,27)(H,24,28). The van der Waals surface area contributed by atoms with Crippen LogP contribution in [-0.4, -0.2) is 22.0 Å². The summed E-state index contributed by atoms with van der Waals surface area (Å²) in [5, 5.41) is 15.4. The Hall–Kier alpha value is -2.77. The number of rotatable bonds is 8. The normalized spacial score (nSPS) is 10.6. The van der Waals surface area contributed by atoms with E-state index >= 15 is 0 Å². The fraction of sp³-hybridized carbons (Fsp3) is 0.238. The first-order valence-electron chi connectivity index (χ1n) is 9.22. The molecule has 2 aromatic carbocycles. The van der Waals surface area contributed by atoms with Crippen LogP contribution in [0.15, 0.2) is 48.5 Å². The molecule has 1 aromatic heterocycles. The molecule has 8 heteroatoms. The van der Waals surface area contributed by atoms with E-state index in [9.17, 15) is 9.59 Å². The minimum Gasteiger partial charge on any atom is -0.352 e. The van der Waals surface area contributed by atoms with Crippen molar-refractivity contribution in [1.29, 1.82) is 0 Å². The highest BCUT2D eigenvalue weighted by Gasteiger charge is 2.14. The molecular weight excluding hydrogens is 408 g/mol. The lowest BCUT2D eigenvalue weighted by Gasteiger charge is -2.06. The largest absolute Gasteiger partial charge is 0.352 e. The fourth-order valence-electron chi connectivity index (χ4n) is 2.66. The lowest BCUT2D eigenvalue weighted by Crippen LogP contribution is -2.22. The Labute approximate surface area is 178 Å². The molecule has 0 fully saturated rings. The molecule has 0 saturated carbocycles. The average Bonchev–Trinajstić information content (AvgIpc) is 3.18. The number of hydrogen-bond donors (Lipinski definition) is 2. The van der Waals surface area contributed by atoms with E-state index in [1.54, 1.807) is 6.07 Å². The number of para-hydroxylation sites is 1. The summed E-state index contributed by atoms with van der Waals surface area (Å²) in [6.45, 7) is 2.33. The van der Waals surface area contributed by atoms with E-state index in [1.807, 2.05) is 49.4 Å². The van der Waals surface area contributed by atoms with Gasteiger partial charge in [0.2, 0.25) is 10.9 Å². The first kappa shape index (κ1) is 21.0. The molecular formula is C21H21ClN4O2S. The maximum atomic E-state index is 12.3. The number of halogens is 1. The van der Waals surface area contributed by atoms with Crippen LogP contribution in [0.25, 0.3) is 0 Å². The van der Waals surface area contributed by atoms with Gasteiger partial charge in [-0.3, -0.25) is 9.59 Å². The number of aromatic nitrogens is 2. The van der Waals surface area contributed by atoms with E-state index in [-0.39, 0.29) is 11.8 Å². The Kier molecular flexibility index (Phi) is 7.32. The van der Waals surface area contributed by atoms with Crippen LogP contribution in [0.2, 0.25) is 5.02 Å². The predicted molar refractivity (Wildman–Crippen MR) is 115 cm³/mol. The molecule has 2 N–H and O–H groups in total. The van der Waals surface area contributed by atoms with E-state index < -0.39 is 0 Å². The van der Waals surface area contributed by atoms with Crippen LogP contribution in [0.1, 0.15) is 38.8 Å². The monoisotopic (exact) mass is 428 g/mol. The summed E-state index contributed by atoms with van der Waals surface area (Å²) in [5.41, 5.74) is 2.62. The van der Waals surface area contributed by atoms with Gasteiger partial charge in [-0.25, -0.2) is 0 Å². The van der Waals surface area contributed by atoms with Gasteiger partial charge in [0.25, 0.3) is 5.91 Å². The van der Waals surface area contributed by atoms with Crippen molar-refractivity contribution < 1.29 is 9.59 Å². The molecule has 29 heavy (non-hydrogen) atoms. The number of anilines is 1. The van der Waals surface area contributed by atoms with E-state index in [2.05, 4.69) is 20.8 Å². The van der Waals surface area contributed by atoms with Crippen LogP contribution in [0.5, 0.6) is 0 Å². The summed E-state index contributed by atoms with van der Waals surface area (Å²) >= 11 is 7.33. The quantitative estimate of drug-likeness (QED) is 0.557. The van der Waals surface area contributed by atoms with Crippen LogP contribution in [0, 0.1) is 6.92 Å². The van der Waals surface area contributed by atoms with Crippen molar-refractivity contribution in [2.75, 3.05) is 5.32 Å². The molecule has 6 nitrogen and oxygen atoms in total. The predicted octanol–water partition coefficient (Wildman–Crippen LogP) is 4.39. The number of aryl methyl sites for hydroxylation is 2. The third-order valence-corrected chi connectivity index (χ3v) is 5.63. The first-order valence-corrected chi connectivity index (χ1v) is 10.4. The van der Waals surface area contributed by atoms with Gasteiger partial charge in [-0.2, -0.15) is 0 Å². The average molecular weight is 429 g/mol. The smallest absolute Gasteiger partial charge is 0.286 e. The van der Waals surface area contributed by atoms with Gasteiger partial charge in [0.05, 0.1) is 0 Å². The van der Waals surface area contributed by atoms with Gasteiger partial charge in [0, 0.05) is 30.1 Å². The summed E-state index contributed by atoms with van der Waals surface area (Å²) < 4.78 is 0. The van der Waals surface area contributed by atoms with Crippen molar-refractivity contribution in [1.82, 2.24) is 15.5 Å². The topological polar surface area (TPSA) is 84.0 Å². The molecule has 1 heterocycles. The molecule has 0 radical (unpaired) electrons. The lowest BCUT2D eigenvalue weighted by molar-refractivity contribution is -0.121. The summed E-state index contributed by atoms with van der Waals surface area (Å²) in [6.07, 6.45) is 1.59. The lowest BCUT2D eigenvalue weighted by atomic mass is 10.2. The third-order valence-electron chi connectivity index (χ3n) is 4.28. The van der Waals surface area contributed by atoms with E-state index in [4.69, 9.17) is 11.6 Å². The number of carbonyl (C=O) groups is 2. The number of benzene rings is 2. The van der Waals surface area contributed by atoms with E-state index in [1.165, 1.54) is 11.3 Å². The molecule has 0 atom stereocenters. The van der Waals surface area contributed by atoms with Gasteiger partial charge in [-0.05, 0) is 36.6 Å². The highest BCUT2D eigenvalue weighted by atomic mass is 35.5. The zero-order valence-electron chi connectivity index (χ0n) is 15.9. The number of hydrogen-bond acceptors (Lipinski definition) is 5. The Morgan fingerprint density at radius 1 is 1.07 bits per heavy atom. The Morgan fingerprint density at radius 3 is 2.62 bits per heavy atom. The molecule has 0 saturated heterocycles. The minimum atomic E-state index is -0.277. The molecule has 0 bridgehead atoms. The molecule has 0 unspecified atom stereocenters. The zero-order valence-corrected chi connectivity index (χ0v) is 17.5. The number of nitrogens with one attached hydrogen (secondary N) is 2. The minimum absolute atomic E-state index is 0.0491. The third kappa shape index (κ3) is 6.10. The molecule has 3 aromatic rings. The SMILES string of the molecule is Cc1ccccc1NC(=O)c1nnc(CCCC(=O)NCc2ccccc2Cl)s1. The summed E-state index contributed by atoms with van der Waals surface area (Å²) in [7, 11) is 0. The second-order valence-corrected chi connectivity index (χ2v) is 7.96. The zero-order chi connectivity index (χ0) is 20.6. The summed E-state index contributed by atoms with van der Waals surface area (Å²) in [5.74, 6) is -0.326. The number of carbonyl (C=O) groups excluding carboxylic acids is 2. The van der Waals surface area contributed by atoms with Gasteiger partial charge < -0.3 is 10.6 Å². The van der Waals surface area contributed by atoms with E-state index in [0.29, 0.717) is 35.8 Å².